The van der Waals surface area contributed by atoms with Crippen LogP contribution in [0.3, 0.4) is 0 Å². The van der Waals surface area contributed by atoms with Gasteiger partial charge in [0.2, 0.25) is 0 Å². The lowest BCUT2D eigenvalue weighted by Crippen LogP contribution is -2.61. The van der Waals surface area contributed by atoms with E-state index < -0.39 is 51.7 Å². The fraction of sp³-hybridized carbons (Fsp3) is 0.714. The quantitative estimate of drug-likeness (QED) is 0.607. The monoisotopic (exact) mass is 358 g/mol. The summed E-state index contributed by atoms with van der Waals surface area (Å²) >= 11 is 0. The van der Waals surface area contributed by atoms with Gasteiger partial charge in [-0.3, -0.25) is 4.55 Å². The lowest BCUT2D eigenvalue weighted by atomic mass is 10.0. The molecule has 0 rings (SSSR count). The van der Waals surface area contributed by atoms with Crippen molar-refractivity contribution in [3.8, 4) is 0 Å². The van der Waals surface area contributed by atoms with Gasteiger partial charge in [0.15, 0.2) is 5.83 Å². The number of halogens is 10. The van der Waals surface area contributed by atoms with Gasteiger partial charge >= 0.3 is 23.9 Å². The highest BCUT2D eigenvalue weighted by Gasteiger charge is 2.82. The first-order chi connectivity index (χ1) is 8.88. The molecular weight excluding hydrogens is 354 g/mol. The standard InChI is InChI=1S/C7H4F10O3S/c8-3(1-2-21(18,19)20)4(9,10)5(11,12)6(13,14)7(15,16)17/h1H,2H2,(H,18,19,20). The van der Waals surface area contributed by atoms with Gasteiger partial charge in [0.25, 0.3) is 10.1 Å². The van der Waals surface area contributed by atoms with Crippen LogP contribution in [0.25, 0.3) is 0 Å². The Labute approximate surface area is 110 Å². The zero-order valence-electron chi connectivity index (χ0n) is 9.24. The Hall–Kier alpha value is -1.05. The van der Waals surface area contributed by atoms with Crippen molar-refractivity contribution in [3.63, 3.8) is 0 Å². The molecule has 3 nitrogen and oxygen atoms in total. The Morgan fingerprint density at radius 3 is 1.57 bits per heavy atom. The third-order valence-corrected chi connectivity index (χ3v) is 2.51. The molecule has 1 N–H and O–H groups in total. The predicted molar refractivity (Wildman–Crippen MR) is 46.5 cm³/mol. The van der Waals surface area contributed by atoms with Gasteiger partial charge in [-0.25, -0.2) is 4.39 Å². The first-order valence-electron chi connectivity index (χ1n) is 4.39. The van der Waals surface area contributed by atoms with E-state index in [0.29, 0.717) is 0 Å². The van der Waals surface area contributed by atoms with Gasteiger partial charge in [-0.05, 0) is 6.08 Å². The zero-order chi connectivity index (χ0) is 17.5. The molecule has 126 valence electrons. The molecule has 21 heavy (non-hydrogen) atoms. The summed E-state index contributed by atoms with van der Waals surface area (Å²) in [7, 11) is -5.19. The fourth-order valence-electron chi connectivity index (χ4n) is 0.832. The first kappa shape index (κ1) is 19.9. The van der Waals surface area contributed by atoms with Crippen molar-refractivity contribution in [1.82, 2.24) is 0 Å². The molecule has 0 aliphatic heterocycles. The van der Waals surface area contributed by atoms with Gasteiger partial charge < -0.3 is 0 Å². The molecule has 0 heterocycles. The molecule has 0 radical (unpaired) electrons. The molecule has 0 aromatic heterocycles. The van der Waals surface area contributed by atoms with E-state index in [2.05, 4.69) is 0 Å². The van der Waals surface area contributed by atoms with Crippen molar-refractivity contribution in [2.45, 2.75) is 23.9 Å². The minimum absolute atomic E-state index is 0.963. The number of rotatable bonds is 5. The molecule has 0 saturated carbocycles. The molecule has 0 amide bonds. The van der Waals surface area contributed by atoms with Gasteiger partial charge in [-0.15, -0.1) is 0 Å². The van der Waals surface area contributed by atoms with Crippen LogP contribution in [0.1, 0.15) is 0 Å². The van der Waals surface area contributed by atoms with Crippen LogP contribution in [0.2, 0.25) is 0 Å². The summed E-state index contributed by atoms with van der Waals surface area (Å²) in [6, 6.07) is 0. The van der Waals surface area contributed by atoms with Crippen molar-refractivity contribution in [2.75, 3.05) is 5.75 Å². The average molecular weight is 358 g/mol. The summed E-state index contributed by atoms with van der Waals surface area (Å²) < 4.78 is 151. The minimum Gasteiger partial charge on any atom is -0.285 e. The molecule has 0 aromatic carbocycles. The lowest BCUT2D eigenvalue weighted by Gasteiger charge is -2.32. The van der Waals surface area contributed by atoms with E-state index in [1.165, 1.54) is 0 Å². The lowest BCUT2D eigenvalue weighted by molar-refractivity contribution is -0.391. The maximum absolute atomic E-state index is 12.7. The maximum atomic E-state index is 12.7. The summed E-state index contributed by atoms with van der Waals surface area (Å²) in [5.74, 6) is -26.8. The minimum atomic E-state index is -7.30. The molecule has 0 fully saturated rings. The molecule has 14 heteroatoms. The Balaban J connectivity index is 5.79. The highest BCUT2D eigenvalue weighted by molar-refractivity contribution is 7.85. The van der Waals surface area contributed by atoms with Crippen molar-refractivity contribution in [2.24, 2.45) is 0 Å². The topological polar surface area (TPSA) is 54.4 Å². The fourth-order valence-corrected chi connectivity index (χ4v) is 1.19. The van der Waals surface area contributed by atoms with Crippen LogP contribution in [0.15, 0.2) is 11.9 Å². The summed E-state index contributed by atoms with van der Waals surface area (Å²) in [4.78, 5) is 0. The van der Waals surface area contributed by atoms with E-state index in [9.17, 15) is 52.3 Å². The third kappa shape index (κ3) is 3.78. The number of alkyl halides is 9. The second kappa shape index (κ2) is 5.30. The van der Waals surface area contributed by atoms with E-state index >= 15 is 0 Å². The first-order valence-corrected chi connectivity index (χ1v) is 6.00. The summed E-state index contributed by atoms with van der Waals surface area (Å²) in [5.41, 5.74) is 0. The van der Waals surface area contributed by atoms with Crippen LogP contribution in [0.4, 0.5) is 43.9 Å². The van der Waals surface area contributed by atoms with E-state index in [1.807, 2.05) is 0 Å². The van der Waals surface area contributed by atoms with Crippen LogP contribution in [0.5, 0.6) is 0 Å². The van der Waals surface area contributed by atoms with E-state index in [4.69, 9.17) is 4.55 Å². The molecule has 0 bridgehead atoms. The normalized spacial score (nSPS) is 16.2. The molecule has 0 spiro atoms. The van der Waals surface area contributed by atoms with Crippen LogP contribution in [-0.2, 0) is 10.1 Å². The van der Waals surface area contributed by atoms with E-state index in [-0.39, 0.29) is 0 Å². The molecular formula is C7H4F10O3S. The average Bonchev–Trinajstić information content (AvgIpc) is 2.22. The number of allylic oxidation sites excluding steroid dienone is 1. The third-order valence-electron chi connectivity index (χ3n) is 1.92. The molecule has 0 unspecified atom stereocenters. The maximum Gasteiger partial charge on any atom is 0.460 e. The Morgan fingerprint density at radius 1 is 0.905 bits per heavy atom. The second-order valence-corrected chi connectivity index (χ2v) is 5.02. The van der Waals surface area contributed by atoms with Crippen LogP contribution >= 0.6 is 0 Å². The van der Waals surface area contributed by atoms with Gasteiger partial charge in [0, 0.05) is 0 Å². The second-order valence-electron chi connectivity index (χ2n) is 3.52. The molecule has 0 aliphatic carbocycles. The van der Waals surface area contributed by atoms with Crippen LogP contribution in [0, 0.1) is 0 Å². The number of hydrogen-bond donors (Lipinski definition) is 1. The molecule has 0 saturated heterocycles. The predicted octanol–water partition coefficient (Wildman–Crippen LogP) is 3.20. The smallest absolute Gasteiger partial charge is 0.285 e. The summed E-state index contributed by atoms with van der Waals surface area (Å²) in [5, 5.41) is 0. The SMILES string of the molecule is O=S(=O)(O)CC=C(F)C(F)(F)C(F)(F)C(F)(F)C(F)(F)F. The Morgan fingerprint density at radius 2 is 1.29 bits per heavy atom. The van der Waals surface area contributed by atoms with Crippen LogP contribution in [-0.4, -0.2) is 42.7 Å². The van der Waals surface area contributed by atoms with E-state index in [0.717, 1.165) is 0 Å². The van der Waals surface area contributed by atoms with Gasteiger partial charge in [-0.2, -0.15) is 47.9 Å². The van der Waals surface area contributed by atoms with Gasteiger partial charge in [0.05, 0.1) is 5.75 Å². The Bertz CT molecular complexity index is 517. The van der Waals surface area contributed by atoms with Crippen molar-refractivity contribution in [1.29, 1.82) is 0 Å². The summed E-state index contributed by atoms with van der Waals surface area (Å²) in [6.45, 7) is 0. The van der Waals surface area contributed by atoms with Crippen molar-refractivity contribution in [3.05, 3.63) is 11.9 Å². The van der Waals surface area contributed by atoms with E-state index in [1.54, 1.807) is 0 Å². The molecule has 0 aromatic rings. The Kier molecular flexibility index (Phi) is 5.03. The molecule has 0 aliphatic rings. The molecule has 0 atom stereocenters. The number of hydrogen-bond acceptors (Lipinski definition) is 2. The summed E-state index contributed by atoms with van der Waals surface area (Å²) in [6.07, 6.45) is -8.08. The zero-order valence-corrected chi connectivity index (χ0v) is 10.1. The highest BCUT2D eigenvalue weighted by atomic mass is 32.2. The highest BCUT2D eigenvalue weighted by Crippen LogP contribution is 2.55. The largest absolute Gasteiger partial charge is 0.460 e. The van der Waals surface area contributed by atoms with Crippen molar-refractivity contribution >= 4 is 10.1 Å². The van der Waals surface area contributed by atoms with Gasteiger partial charge in [-0.1, -0.05) is 0 Å². The van der Waals surface area contributed by atoms with Crippen LogP contribution < -0.4 is 0 Å². The van der Waals surface area contributed by atoms with Gasteiger partial charge in [0.1, 0.15) is 0 Å². The van der Waals surface area contributed by atoms with Crippen molar-refractivity contribution < 1.29 is 56.9 Å².